The molecular formula is C28H30N4O3. The lowest BCUT2D eigenvalue weighted by Crippen LogP contribution is -2.44. The largest absolute Gasteiger partial charge is 0.378 e. The van der Waals surface area contributed by atoms with Crippen LogP contribution in [-0.4, -0.2) is 46.7 Å². The van der Waals surface area contributed by atoms with Gasteiger partial charge in [-0.05, 0) is 35.6 Å². The lowest BCUT2D eigenvalue weighted by Gasteiger charge is -2.27. The van der Waals surface area contributed by atoms with E-state index in [0.29, 0.717) is 56.2 Å². The fourth-order valence-corrected chi connectivity index (χ4v) is 4.45. The van der Waals surface area contributed by atoms with Gasteiger partial charge in [-0.25, -0.2) is 4.98 Å². The van der Waals surface area contributed by atoms with Gasteiger partial charge in [-0.3, -0.25) is 14.2 Å². The molecule has 0 bridgehead atoms. The monoisotopic (exact) mass is 470 g/mol. The van der Waals surface area contributed by atoms with Crippen molar-refractivity contribution in [2.75, 3.05) is 26.3 Å². The quantitative estimate of drug-likeness (QED) is 0.524. The van der Waals surface area contributed by atoms with Crippen LogP contribution in [0.2, 0.25) is 0 Å². The number of nitriles is 1. The highest BCUT2D eigenvalue weighted by Gasteiger charge is 2.27. The minimum absolute atomic E-state index is 0.149. The van der Waals surface area contributed by atoms with Crippen LogP contribution in [0.4, 0.5) is 0 Å². The number of carbonyl (C=O) groups excluding carboxylic acids is 1. The summed E-state index contributed by atoms with van der Waals surface area (Å²) in [7, 11) is 0. The summed E-state index contributed by atoms with van der Waals surface area (Å²) < 4.78 is 6.98. The van der Waals surface area contributed by atoms with Crippen LogP contribution in [0.15, 0.2) is 53.3 Å². The minimum atomic E-state index is -0.317. The zero-order chi connectivity index (χ0) is 24.8. The van der Waals surface area contributed by atoms with Crippen LogP contribution in [0.5, 0.6) is 0 Å². The molecule has 3 aromatic rings. The van der Waals surface area contributed by atoms with Gasteiger partial charge in [0.05, 0.1) is 37.1 Å². The SMILES string of the molecule is CCCc1nc(CC)c(C(=O)N2CCOCC2)c(=O)n1Cc1ccc(-c2ccccc2)c(C#N)c1. The molecule has 180 valence electrons. The summed E-state index contributed by atoms with van der Waals surface area (Å²) in [5, 5.41) is 9.80. The molecule has 1 aromatic heterocycles. The van der Waals surface area contributed by atoms with Gasteiger partial charge < -0.3 is 9.64 Å². The van der Waals surface area contributed by atoms with Gasteiger partial charge in [-0.2, -0.15) is 5.26 Å². The Kier molecular flexibility index (Phi) is 7.74. The third-order valence-corrected chi connectivity index (χ3v) is 6.27. The van der Waals surface area contributed by atoms with Gasteiger partial charge in [0.25, 0.3) is 11.5 Å². The van der Waals surface area contributed by atoms with E-state index in [9.17, 15) is 14.9 Å². The van der Waals surface area contributed by atoms with Crippen molar-refractivity contribution in [1.82, 2.24) is 14.5 Å². The van der Waals surface area contributed by atoms with Crippen LogP contribution in [0.3, 0.4) is 0 Å². The van der Waals surface area contributed by atoms with Crippen molar-refractivity contribution < 1.29 is 9.53 Å². The predicted octanol–water partition coefficient (Wildman–Crippen LogP) is 3.82. The highest BCUT2D eigenvalue weighted by Crippen LogP contribution is 2.24. The molecule has 0 radical (unpaired) electrons. The molecule has 1 amide bonds. The molecule has 4 rings (SSSR count). The smallest absolute Gasteiger partial charge is 0.266 e. The van der Waals surface area contributed by atoms with Gasteiger partial charge in [0.15, 0.2) is 0 Å². The maximum Gasteiger partial charge on any atom is 0.266 e. The minimum Gasteiger partial charge on any atom is -0.378 e. The van der Waals surface area contributed by atoms with Gasteiger partial charge in [0.2, 0.25) is 0 Å². The maximum atomic E-state index is 13.8. The molecule has 1 aliphatic heterocycles. The Balaban J connectivity index is 1.77. The summed E-state index contributed by atoms with van der Waals surface area (Å²) in [6.07, 6.45) is 1.95. The molecule has 1 aliphatic rings. The number of aryl methyl sites for hydroxylation is 2. The summed E-state index contributed by atoms with van der Waals surface area (Å²) in [5.74, 6) is 0.384. The third-order valence-electron chi connectivity index (χ3n) is 6.27. The Morgan fingerprint density at radius 2 is 1.86 bits per heavy atom. The number of morpholine rings is 1. The number of benzene rings is 2. The number of nitrogens with zero attached hydrogens (tertiary/aromatic N) is 4. The zero-order valence-corrected chi connectivity index (χ0v) is 20.3. The lowest BCUT2D eigenvalue weighted by molar-refractivity contribution is 0.0300. The van der Waals surface area contributed by atoms with E-state index in [1.165, 1.54) is 0 Å². The lowest BCUT2D eigenvalue weighted by atomic mass is 9.98. The second-order valence-electron chi connectivity index (χ2n) is 8.61. The summed E-state index contributed by atoms with van der Waals surface area (Å²) >= 11 is 0. The number of rotatable bonds is 7. The molecule has 0 saturated carbocycles. The van der Waals surface area contributed by atoms with E-state index in [0.717, 1.165) is 23.1 Å². The van der Waals surface area contributed by atoms with E-state index in [4.69, 9.17) is 9.72 Å². The first kappa shape index (κ1) is 24.4. The Morgan fingerprint density at radius 3 is 2.51 bits per heavy atom. The fraction of sp³-hybridized carbons (Fsp3) is 0.357. The number of hydrogen-bond donors (Lipinski definition) is 0. The number of ether oxygens (including phenoxy) is 1. The van der Waals surface area contributed by atoms with Crippen LogP contribution < -0.4 is 5.56 Å². The van der Waals surface area contributed by atoms with Crippen molar-refractivity contribution in [3.63, 3.8) is 0 Å². The van der Waals surface area contributed by atoms with E-state index < -0.39 is 0 Å². The molecule has 0 aliphatic carbocycles. The highest BCUT2D eigenvalue weighted by molar-refractivity contribution is 5.95. The molecule has 0 spiro atoms. The van der Waals surface area contributed by atoms with Gasteiger partial charge in [-0.15, -0.1) is 0 Å². The molecule has 2 aromatic carbocycles. The second kappa shape index (κ2) is 11.1. The molecule has 2 heterocycles. The maximum absolute atomic E-state index is 13.8. The first-order valence-corrected chi connectivity index (χ1v) is 12.1. The van der Waals surface area contributed by atoms with Crippen LogP contribution >= 0.6 is 0 Å². The van der Waals surface area contributed by atoms with Crippen molar-refractivity contribution in [2.24, 2.45) is 0 Å². The second-order valence-corrected chi connectivity index (χ2v) is 8.61. The third kappa shape index (κ3) is 5.18. The average molecular weight is 471 g/mol. The number of hydrogen-bond acceptors (Lipinski definition) is 5. The molecular weight excluding hydrogens is 440 g/mol. The predicted molar refractivity (Wildman–Crippen MR) is 134 cm³/mol. The van der Waals surface area contributed by atoms with Gasteiger partial charge >= 0.3 is 0 Å². The van der Waals surface area contributed by atoms with Gasteiger partial charge in [0.1, 0.15) is 11.4 Å². The van der Waals surface area contributed by atoms with Crippen LogP contribution in [0.25, 0.3) is 11.1 Å². The Morgan fingerprint density at radius 1 is 1.11 bits per heavy atom. The van der Waals surface area contributed by atoms with Crippen molar-refractivity contribution in [3.05, 3.63) is 87.1 Å². The number of amides is 1. The highest BCUT2D eigenvalue weighted by atomic mass is 16.5. The fourth-order valence-electron chi connectivity index (χ4n) is 4.45. The van der Waals surface area contributed by atoms with Crippen LogP contribution in [0.1, 0.15) is 53.3 Å². The van der Waals surface area contributed by atoms with Gasteiger partial charge in [0, 0.05) is 19.5 Å². The molecule has 0 unspecified atom stereocenters. The summed E-state index contributed by atoms with van der Waals surface area (Å²) in [6.45, 7) is 6.06. The summed E-state index contributed by atoms with van der Waals surface area (Å²) in [6, 6.07) is 17.7. The molecule has 7 nitrogen and oxygen atoms in total. The van der Waals surface area contributed by atoms with Crippen molar-refractivity contribution in [1.29, 1.82) is 5.26 Å². The number of carbonyl (C=O) groups is 1. The van der Waals surface area contributed by atoms with Crippen molar-refractivity contribution >= 4 is 5.91 Å². The van der Waals surface area contributed by atoms with E-state index in [1.807, 2.05) is 62.4 Å². The van der Waals surface area contributed by atoms with E-state index in [2.05, 4.69) is 6.07 Å². The summed E-state index contributed by atoms with van der Waals surface area (Å²) in [5.41, 5.74) is 3.55. The zero-order valence-electron chi connectivity index (χ0n) is 20.3. The topological polar surface area (TPSA) is 88.2 Å². The van der Waals surface area contributed by atoms with Crippen LogP contribution in [-0.2, 0) is 24.1 Å². The molecule has 35 heavy (non-hydrogen) atoms. The van der Waals surface area contributed by atoms with Crippen molar-refractivity contribution in [3.8, 4) is 17.2 Å². The summed E-state index contributed by atoms with van der Waals surface area (Å²) in [4.78, 5) is 33.6. The number of aromatic nitrogens is 2. The standard InChI is InChI=1S/C28H30N4O3/c1-3-8-25-30-24(4-2)26(27(33)31-13-15-35-16-14-31)28(34)32(25)19-20-11-12-23(22(17-20)18-29)21-9-6-5-7-10-21/h5-7,9-12,17H,3-4,8,13-16,19H2,1-2H3. The molecule has 0 atom stereocenters. The molecule has 0 N–H and O–H groups in total. The molecule has 1 fully saturated rings. The first-order valence-electron chi connectivity index (χ1n) is 12.1. The van der Waals surface area contributed by atoms with Crippen LogP contribution in [0, 0.1) is 11.3 Å². The Hall–Kier alpha value is -3.76. The van der Waals surface area contributed by atoms with E-state index in [1.54, 1.807) is 9.47 Å². The Labute approximate surface area is 205 Å². The normalized spacial score (nSPS) is 13.5. The van der Waals surface area contributed by atoms with Crippen molar-refractivity contribution in [2.45, 2.75) is 39.7 Å². The Bertz CT molecular complexity index is 1300. The van der Waals surface area contributed by atoms with E-state index >= 15 is 0 Å². The van der Waals surface area contributed by atoms with E-state index in [-0.39, 0.29) is 23.6 Å². The molecule has 7 heteroatoms. The van der Waals surface area contributed by atoms with Gasteiger partial charge in [-0.1, -0.05) is 56.3 Å². The molecule has 1 saturated heterocycles. The first-order chi connectivity index (χ1) is 17.1. The average Bonchev–Trinajstić information content (AvgIpc) is 2.91.